The van der Waals surface area contributed by atoms with Crippen molar-refractivity contribution in [2.24, 2.45) is 0 Å². The molecular formula is C27H51N3O+2. The predicted molar refractivity (Wildman–Crippen MR) is 133 cm³/mol. The molecule has 1 aromatic carbocycles. The van der Waals surface area contributed by atoms with Crippen LogP contribution in [0.5, 0.6) is 0 Å². The molecule has 0 bridgehead atoms. The van der Waals surface area contributed by atoms with E-state index in [1.807, 2.05) is 0 Å². The monoisotopic (exact) mass is 433 g/mol. The van der Waals surface area contributed by atoms with Gasteiger partial charge in [-0.05, 0) is 18.4 Å². The SMILES string of the molecule is CCCCC(CCCC)(CC(=O)N(CCC[NH+](C)C)CCC[NH+](C)C)c1ccccc1. The second-order valence-corrected chi connectivity index (χ2v) is 10.0. The van der Waals surface area contributed by atoms with Crippen LogP contribution in [0.25, 0.3) is 0 Å². The summed E-state index contributed by atoms with van der Waals surface area (Å²) in [7, 11) is 8.77. The van der Waals surface area contributed by atoms with Gasteiger partial charge in [0.1, 0.15) is 0 Å². The number of hydrogen-bond acceptors (Lipinski definition) is 1. The zero-order valence-corrected chi connectivity index (χ0v) is 21.4. The summed E-state index contributed by atoms with van der Waals surface area (Å²) < 4.78 is 0. The molecule has 4 heteroatoms. The molecule has 0 atom stereocenters. The van der Waals surface area contributed by atoms with Crippen molar-refractivity contribution >= 4 is 5.91 Å². The number of rotatable bonds is 17. The Kier molecular flexibility index (Phi) is 13.7. The fraction of sp³-hybridized carbons (Fsp3) is 0.741. The Morgan fingerprint density at radius 1 is 0.806 bits per heavy atom. The van der Waals surface area contributed by atoms with Gasteiger partial charge >= 0.3 is 0 Å². The third kappa shape index (κ3) is 10.7. The van der Waals surface area contributed by atoms with Crippen molar-refractivity contribution in [3.63, 3.8) is 0 Å². The highest BCUT2D eigenvalue weighted by molar-refractivity contribution is 5.78. The molecule has 0 spiro atoms. The van der Waals surface area contributed by atoms with Gasteiger partial charge < -0.3 is 14.7 Å². The van der Waals surface area contributed by atoms with E-state index in [2.05, 4.69) is 77.3 Å². The van der Waals surface area contributed by atoms with E-state index in [0.29, 0.717) is 12.3 Å². The summed E-state index contributed by atoms with van der Waals surface area (Å²) in [5.74, 6) is 0.360. The zero-order valence-electron chi connectivity index (χ0n) is 21.4. The summed E-state index contributed by atoms with van der Waals surface area (Å²) in [6, 6.07) is 10.9. The number of benzene rings is 1. The van der Waals surface area contributed by atoms with E-state index in [0.717, 1.165) is 51.9 Å². The maximum atomic E-state index is 13.7. The van der Waals surface area contributed by atoms with Crippen LogP contribution in [0.15, 0.2) is 30.3 Å². The second-order valence-electron chi connectivity index (χ2n) is 10.0. The molecule has 31 heavy (non-hydrogen) atoms. The molecule has 0 aliphatic carbocycles. The molecule has 1 rings (SSSR count). The summed E-state index contributed by atoms with van der Waals surface area (Å²) >= 11 is 0. The highest BCUT2D eigenvalue weighted by Crippen LogP contribution is 2.39. The highest BCUT2D eigenvalue weighted by Gasteiger charge is 2.35. The first-order valence-electron chi connectivity index (χ1n) is 12.8. The van der Waals surface area contributed by atoms with Gasteiger partial charge in [-0.25, -0.2) is 0 Å². The molecule has 1 aromatic rings. The summed E-state index contributed by atoms with van der Waals surface area (Å²) in [4.78, 5) is 18.8. The van der Waals surface area contributed by atoms with Crippen molar-refractivity contribution in [3.8, 4) is 0 Å². The van der Waals surface area contributed by atoms with Crippen molar-refractivity contribution in [1.29, 1.82) is 0 Å². The zero-order chi connectivity index (χ0) is 23.1. The number of nitrogens with zero attached hydrogens (tertiary/aromatic N) is 1. The minimum absolute atomic E-state index is 0.0256. The third-order valence-electron chi connectivity index (χ3n) is 6.46. The van der Waals surface area contributed by atoms with E-state index >= 15 is 0 Å². The van der Waals surface area contributed by atoms with Crippen LogP contribution in [0.4, 0.5) is 0 Å². The molecule has 0 aliphatic heterocycles. The Morgan fingerprint density at radius 3 is 1.71 bits per heavy atom. The minimum atomic E-state index is -0.0256. The molecule has 1 amide bonds. The number of carbonyl (C=O) groups excluding carboxylic acids is 1. The van der Waals surface area contributed by atoms with Gasteiger partial charge in [0.05, 0.1) is 41.3 Å². The lowest BCUT2D eigenvalue weighted by Crippen LogP contribution is -3.05. The van der Waals surface area contributed by atoms with Gasteiger partial charge in [-0.15, -0.1) is 0 Å². The Hall–Kier alpha value is -1.39. The molecule has 4 nitrogen and oxygen atoms in total. The van der Waals surface area contributed by atoms with Crippen LogP contribution in [0.3, 0.4) is 0 Å². The fourth-order valence-corrected chi connectivity index (χ4v) is 4.52. The normalized spacial score (nSPS) is 12.0. The Bertz CT molecular complexity index is 563. The van der Waals surface area contributed by atoms with Crippen LogP contribution in [0.1, 0.15) is 77.2 Å². The van der Waals surface area contributed by atoms with Crippen molar-refractivity contribution < 1.29 is 14.6 Å². The standard InChI is InChI=1S/C27H49N3O/c1-7-9-18-27(19-10-8-2,25-16-12-11-13-17-25)24-26(31)30(22-14-20-28(3)4)23-15-21-29(5)6/h11-13,16-17H,7-10,14-15,18-24H2,1-6H3/p+2. The average Bonchev–Trinajstić information content (AvgIpc) is 2.74. The smallest absolute Gasteiger partial charge is 0.223 e. The highest BCUT2D eigenvalue weighted by atomic mass is 16.2. The van der Waals surface area contributed by atoms with Crippen molar-refractivity contribution in [2.75, 3.05) is 54.4 Å². The summed E-state index contributed by atoms with van der Waals surface area (Å²) in [5, 5.41) is 0. The van der Waals surface area contributed by atoms with E-state index < -0.39 is 0 Å². The first kappa shape index (κ1) is 27.6. The van der Waals surface area contributed by atoms with Gasteiger partial charge in [-0.2, -0.15) is 0 Å². The quantitative estimate of drug-likeness (QED) is 0.389. The van der Waals surface area contributed by atoms with E-state index in [-0.39, 0.29) is 5.41 Å². The lowest BCUT2D eigenvalue weighted by atomic mass is 9.70. The molecule has 0 radical (unpaired) electrons. The average molecular weight is 434 g/mol. The van der Waals surface area contributed by atoms with Crippen LogP contribution >= 0.6 is 0 Å². The molecule has 2 N–H and O–H groups in total. The minimum Gasteiger partial charge on any atom is -0.342 e. The molecule has 0 saturated carbocycles. The lowest BCUT2D eigenvalue weighted by molar-refractivity contribution is -0.858. The second kappa shape index (κ2) is 15.4. The Morgan fingerprint density at radius 2 is 1.29 bits per heavy atom. The van der Waals surface area contributed by atoms with Gasteiger partial charge in [0.15, 0.2) is 0 Å². The van der Waals surface area contributed by atoms with E-state index in [4.69, 9.17) is 0 Å². The van der Waals surface area contributed by atoms with E-state index in [1.54, 1.807) is 0 Å². The summed E-state index contributed by atoms with van der Waals surface area (Å²) in [6.07, 6.45) is 9.73. The number of unbranched alkanes of at least 4 members (excludes halogenated alkanes) is 2. The summed E-state index contributed by atoms with van der Waals surface area (Å²) in [6.45, 7) is 8.52. The third-order valence-corrected chi connectivity index (χ3v) is 6.46. The number of nitrogens with one attached hydrogen (secondary N) is 2. The number of hydrogen-bond donors (Lipinski definition) is 2. The Labute approximate surface area is 193 Å². The van der Waals surface area contributed by atoms with Crippen LogP contribution in [0.2, 0.25) is 0 Å². The first-order chi connectivity index (χ1) is 14.8. The topological polar surface area (TPSA) is 29.2 Å². The maximum Gasteiger partial charge on any atom is 0.223 e. The van der Waals surface area contributed by atoms with Crippen molar-refractivity contribution in [1.82, 2.24) is 4.90 Å². The molecule has 0 aromatic heterocycles. The largest absolute Gasteiger partial charge is 0.342 e. The maximum absolute atomic E-state index is 13.7. The van der Waals surface area contributed by atoms with E-state index in [1.165, 1.54) is 41.0 Å². The molecule has 0 saturated heterocycles. The number of quaternary nitrogens is 2. The van der Waals surface area contributed by atoms with Crippen LogP contribution in [-0.4, -0.2) is 65.2 Å². The molecule has 178 valence electrons. The van der Waals surface area contributed by atoms with Crippen molar-refractivity contribution in [3.05, 3.63) is 35.9 Å². The van der Waals surface area contributed by atoms with Gasteiger partial charge in [0.25, 0.3) is 0 Å². The van der Waals surface area contributed by atoms with Gasteiger partial charge in [0.2, 0.25) is 5.91 Å². The predicted octanol–water partition coefficient (Wildman–Crippen LogP) is 2.59. The first-order valence-corrected chi connectivity index (χ1v) is 12.8. The van der Waals surface area contributed by atoms with Gasteiger partial charge in [0, 0.05) is 37.8 Å². The Balaban J connectivity index is 3.06. The summed E-state index contributed by atoms with van der Waals surface area (Å²) in [5.41, 5.74) is 1.34. The van der Waals surface area contributed by atoms with Gasteiger partial charge in [-0.3, -0.25) is 4.79 Å². The van der Waals surface area contributed by atoms with Crippen molar-refractivity contribution in [2.45, 2.75) is 77.0 Å². The fourth-order valence-electron chi connectivity index (χ4n) is 4.52. The van der Waals surface area contributed by atoms with Crippen LogP contribution in [-0.2, 0) is 10.2 Å². The molecule has 0 heterocycles. The molecular weight excluding hydrogens is 382 g/mol. The molecule has 0 aliphatic rings. The van der Waals surface area contributed by atoms with Gasteiger partial charge in [-0.1, -0.05) is 69.9 Å². The molecule has 0 fully saturated rings. The van der Waals surface area contributed by atoms with Crippen LogP contribution in [0, 0.1) is 0 Å². The van der Waals surface area contributed by atoms with Crippen LogP contribution < -0.4 is 9.80 Å². The van der Waals surface area contributed by atoms with E-state index in [9.17, 15) is 4.79 Å². The molecule has 0 unspecified atom stereocenters. The number of amides is 1. The lowest BCUT2D eigenvalue weighted by Gasteiger charge is -2.36. The number of carbonyl (C=O) groups is 1.